The first-order chi connectivity index (χ1) is 8.89. The Hall–Kier alpha value is -1.27. The van der Waals surface area contributed by atoms with Gasteiger partial charge in [0.05, 0.1) is 16.3 Å². The maximum absolute atomic E-state index is 11.4. The van der Waals surface area contributed by atoms with Gasteiger partial charge in [-0.3, -0.25) is 0 Å². The molecule has 4 N–H and O–H groups in total. The molecule has 1 aliphatic carbocycles. The third-order valence-electron chi connectivity index (χ3n) is 3.83. The third kappa shape index (κ3) is 3.19. The number of primary sulfonamides is 1. The summed E-state index contributed by atoms with van der Waals surface area (Å²) >= 11 is 0. The molecule has 0 amide bonds. The van der Waals surface area contributed by atoms with Crippen molar-refractivity contribution in [2.45, 2.75) is 43.0 Å². The minimum atomic E-state index is -3.69. The van der Waals surface area contributed by atoms with Gasteiger partial charge in [-0.05, 0) is 31.0 Å². The molecule has 0 spiro atoms. The van der Waals surface area contributed by atoms with Gasteiger partial charge >= 0.3 is 0 Å². The van der Waals surface area contributed by atoms with Crippen molar-refractivity contribution in [3.63, 3.8) is 0 Å². The molecule has 1 aromatic carbocycles. The van der Waals surface area contributed by atoms with Crippen LogP contribution in [0, 0.1) is 0 Å². The zero-order valence-electron chi connectivity index (χ0n) is 11.2. The van der Waals surface area contributed by atoms with E-state index >= 15 is 0 Å². The number of sulfonamides is 1. The first kappa shape index (κ1) is 14.1. The fourth-order valence-corrected chi connectivity index (χ4v) is 3.20. The Morgan fingerprint density at radius 1 is 1.21 bits per heavy atom. The second-order valence-electron chi connectivity index (χ2n) is 5.17. The highest BCUT2D eigenvalue weighted by Crippen LogP contribution is 2.31. The van der Waals surface area contributed by atoms with Crippen molar-refractivity contribution in [1.82, 2.24) is 0 Å². The SMILES string of the molecule is CN(c1cc(S(N)(=O)=O)ccc1N)C1CCCCC1. The summed E-state index contributed by atoms with van der Waals surface area (Å²) in [5.41, 5.74) is 7.30. The van der Waals surface area contributed by atoms with Crippen LogP contribution in [-0.4, -0.2) is 21.5 Å². The molecule has 19 heavy (non-hydrogen) atoms. The minimum absolute atomic E-state index is 0.111. The van der Waals surface area contributed by atoms with Crippen LogP contribution in [0.2, 0.25) is 0 Å². The predicted molar refractivity (Wildman–Crippen MR) is 77.5 cm³/mol. The number of rotatable bonds is 3. The lowest BCUT2D eigenvalue weighted by molar-refractivity contribution is 0.428. The van der Waals surface area contributed by atoms with Crippen LogP contribution >= 0.6 is 0 Å². The monoisotopic (exact) mass is 283 g/mol. The summed E-state index contributed by atoms with van der Waals surface area (Å²) in [7, 11) is -1.72. The van der Waals surface area contributed by atoms with Crippen LogP contribution in [0.5, 0.6) is 0 Å². The third-order valence-corrected chi connectivity index (χ3v) is 4.74. The lowest BCUT2D eigenvalue weighted by Gasteiger charge is -2.33. The van der Waals surface area contributed by atoms with Crippen LogP contribution in [0.15, 0.2) is 23.1 Å². The molecule has 1 aromatic rings. The molecule has 0 aromatic heterocycles. The van der Waals surface area contributed by atoms with Gasteiger partial charge in [-0.25, -0.2) is 13.6 Å². The zero-order chi connectivity index (χ0) is 14.0. The molecule has 0 saturated heterocycles. The number of nitrogen functional groups attached to an aromatic ring is 1. The van der Waals surface area contributed by atoms with E-state index in [-0.39, 0.29) is 4.90 Å². The van der Waals surface area contributed by atoms with Gasteiger partial charge in [-0.15, -0.1) is 0 Å². The van der Waals surface area contributed by atoms with E-state index in [2.05, 4.69) is 4.90 Å². The summed E-state index contributed by atoms with van der Waals surface area (Å²) in [5, 5.41) is 5.17. The number of anilines is 2. The maximum Gasteiger partial charge on any atom is 0.238 e. The van der Waals surface area contributed by atoms with Gasteiger partial charge in [0.1, 0.15) is 0 Å². The van der Waals surface area contributed by atoms with E-state index in [4.69, 9.17) is 10.9 Å². The van der Waals surface area contributed by atoms with Crippen LogP contribution in [0.3, 0.4) is 0 Å². The first-order valence-electron chi connectivity index (χ1n) is 6.55. The predicted octanol–water partition coefficient (Wildman–Crippen LogP) is 1.69. The quantitative estimate of drug-likeness (QED) is 0.826. The van der Waals surface area contributed by atoms with E-state index < -0.39 is 10.0 Å². The molecule has 0 radical (unpaired) electrons. The Bertz CT molecular complexity index is 551. The lowest BCUT2D eigenvalue weighted by Crippen LogP contribution is -2.34. The standard InChI is InChI=1S/C13H21N3O2S/c1-16(10-5-3-2-4-6-10)13-9-11(19(15,17)18)7-8-12(13)14/h7-10H,2-6,14H2,1H3,(H2,15,17,18). The summed E-state index contributed by atoms with van der Waals surface area (Å²) in [6.07, 6.45) is 5.94. The first-order valence-corrected chi connectivity index (χ1v) is 8.09. The molecular formula is C13H21N3O2S. The summed E-state index contributed by atoms with van der Waals surface area (Å²) in [5.74, 6) is 0. The van der Waals surface area contributed by atoms with E-state index in [9.17, 15) is 8.42 Å². The van der Waals surface area contributed by atoms with Crippen molar-refractivity contribution < 1.29 is 8.42 Å². The number of nitrogens with two attached hydrogens (primary N) is 2. The van der Waals surface area contributed by atoms with E-state index in [1.54, 1.807) is 12.1 Å². The van der Waals surface area contributed by atoms with Gasteiger partial charge in [0.2, 0.25) is 10.0 Å². The molecule has 2 rings (SSSR count). The highest BCUT2D eigenvalue weighted by atomic mass is 32.2. The van der Waals surface area contributed by atoms with Gasteiger partial charge in [0.15, 0.2) is 0 Å². The molecule has 0 atom stereocenters. The summed E-state index contributed by atoms with van der Waals surface area (Å²) in [4.78, 5) is 2.20. The lowest BCUT2D eigenvalue weighted by atomic mass is 9.94. The molecular weight excluding hydrogens is 262 g/mol. The molecule has 0 heterocycles. The molecule has 0 bridgehead atoms. The highest BCUT2D eigenvalue weighted by Gasteiger charge is 2.21. The van der Waals surface area contributed by atoms with Gasteiger partial charge < -0.3 is 10.6 Å². The zero-order valence-corrected chi connectivity index (χ0v) is 12.0. The Kier molecular flexibility index (Phi) is 4.01. The van der Waals surface area contributed by atoms with Crippen LogP contribution in [-0.2, 0) is 10.0 Å². The molecule has 1 saturated carbocycles. The normalized spacial score (nSPS) is 17.4. The van der Waals surface area contributed by atoms with Crippen molar-refractivity contribution in [3.8, 4) is 0 Å². The molecule has 106 valence electrons. The fourth-order valence-electron chi connectivity index (χ4n) is 2.67. The largest absolute Gasteiger partial charge is 0.397 e. The molecule has 0 unspecified atom stereocenters. The van der Waals surface area contributed by atoms with Crippen molar-refractivity contribution in [3.05, 3.63) is 18.2 Å². The molecule has 6 heteroatoms. The smallest absolute Gasteiger partial charge is 0.238 e. The van der Waals surface area contributed by atoms with Crippen molar-refractivity contribution in [1.29, 1.82) is 0 Å². The molecule has 1 aliphatic rings. The molecule has 1 fully saturated rings. The van der Waals surface area contributed by atoms with Crippen LogP contribution in [0.4, 0.5) is 11.4 Å². The van der Waals surface area contributed by atoms with Crippen LogP contribution in [0.1, 0.15) is 32.1 Å². The van der Waals surface area contributed by atoms with Gasteiger partial charge in [-0.1, -0.05) is 19.3 Å². The summed E-state index contributed by atoms with van der Waals surface area (Å²) < 4.78 is 22.8. The van der Waals surface area contributed by atoms with E-state index in [0.717, 1.165) is 18.5 Å². The van der Waals surface area contributed by atoms with Gasteiger partial charge in [0, 0.05) is 13.1 Å². The Morgan fingerprint density at radius 2 is 1.84 bits per heavy atom. The van der Waals surface area contributed by atoms with Crippen LogP contribution in [0.25, 0.3) is 0 Å². The average Bonchev–Trinajstić information content (AvgIpc) is 2.38. The fraction of sp³-hybridized carbons (Fsp3) is 0.538. The van der Waals surface area contributed by atoms with E-state index in [1.165, 1.54) is 25.3 Å². The number of hydrogen-bond acceptors (Lipinski definition) is 4. The average molecular weight is 283 g/mol. The summed E-state index contributed by atoms with van der Waals surface area (Å²) in [6, 6.07) is 5.04. The number of benzene rings is 1. The Morgan fingerprint density at radius 3 is 2.42 bits per heavy atom. The minimum Gasteiger partial charge on any atom is -0.397 e. The number of nitrogens with zero attached hydrogens (tertiary/aromatic N) is 1. The Labute approximate surface area is 114 Å². The second-order valence-corrected chi connectivity index (χ2v) is 6.73. The van der Waals surface area contributed by atoms with E-state index in [1.807, 2.05) is 7.05 Å². The molecule has 5 nitrogen and oxygen atoms in total. The topological polar surface area (TPSA) is 89.4 Å². The molecule has 0 aliphatic heterocycles. The van der Waals surface area contributed by atoms with Crippen molar-refractivity contribution in [2.24, 2.45) is 5.14 Å². The Balaban J connectivity index is 2.32. The van der Waals surface area contributed by atoms with Gasteiger partial charge in [0.25, 0.3) is 0 Å². The maximum atomic E-state index is 11.4. The second kappa shape index (κ2) is 5.38. The van der Waals surface area contributed by atoms with E-state index in [0.29, 0.717) is 11.7 Å². The van der Waals surface area contributed by atoms with Crippen molar-refractivity contribution >= 4 is 21.4 Å². The summed E-state index contributed by atoms with van der Waals surface area (Å²) in [6.45, 7) is 0. The van der Waals surface area contributed by atoms with Crippen molar-refractivity contribution in [2.75, 3.05) is 17.7 Å². The van der Waals surface area contributed by atoms with Gasteiger partial charge in [-0.2, -0.15) is 0 Å². The highest BCUT2D eigenvalue weighted by molar-refractivity contribution is 7.89. The van der Waals surface area contributed by atoms with Crippen LogP contribution < -0.4 is 15.8 Å². The number of hydrogen-bond donors (Lipinski definition) is 2.